The number of benzene rings is 1. The Balaban J connectivity index is 1.97. The molecule has 1 aliphatic heterocycles. The molecular weight excluding hydrogens is 387 g/mol. The second-order valence-corrected chi connectivity index (χ2v) is 8.54. The Morgan fingerprint density at radius 3 is 2.31 bits per heavy atom. The maximum Gasteiger partial charge on any atom is 0.393 e. The molecule has 26 heavy (non-hydrogen) atoms. The molecule has 1 saturated heterocycles. The van der Waals surface area contributed by atoms with Crippen molar-refractivity contribution in [3.05, 3.63) is 29.8 Å². The topological polar surface area (TPSA) is 37.4 Å². The van der Waals surface area contributed by atoms with Gasteiger partial charge in [0.15, 0.2) is 0 Å². The molecule has 1 aliphatic rings. The van der Waals surface area contributed by atoms with E-state index in [1.807, 2.05) is 0 Å². The summed E-state index contributed by atoms with van der Waals surface area (Å²) in [5.74, 6) is 6.98. The number of piperidine rings is 1. The molecule has 1 aromatic carbocycles. The number of unbranched alkanes of at least 4 members (excludes halogenated alkanes) is 1. The minimum atomic E-state index is -4.31. The van der Waals surface area contributed by atoms with Gasteiger partial charge in [0.25, 0.3) is 0 Å². The first-order valence-corrected chi connectivity index (χ1v) is 10.4. The standard InChI is InChI=1S/C18H21ClF3NO2S/c19-11-3-1-2-4-15-9-12-23(13-10-15)26(24,25)17-7-5-16(6-8-17)14-18(20,21)22/h5-8,15H,1,3,9-14H2. The Labute approximate surface area is 157 Å². The van der Waals surface area contributed by atoms with E-state index in [1.54, 1.807) is 0 Å². The van der Waals surface area contributed by atoms with Gasteiger partial charge in [-0.25, -0.2) is 8.42 Å². The summed E-state index contributed by atoms with van der Waals surface area (Å²) in [6, 6.07) is 4.92. The van der Waals surface area contributed by atoms with Crippen molar-refractivity contribution in [3.63, 3.8) is 0 Å². The summed E-state index contributed by atoms with van der Waals surface area (Å²) in [7, 11) is -3.69. The molecule has 0 N–H and O–H groups in total. The molecule has 1 aromatic rings. The third kappa shape index (κ3) is 6.19. The van der Waals surface area contributed by atoms with Gasteiger partial charge in [-0.15, -0.1) is 17.5 Å². The molecule has 8 heteroatoms. The predicted molar refractivity (Wildman–Crippen MR) is 95.4 cm³/mol. The first-order valence-electron chi connectivity index (χ1n) is 8.42. The highest BCUT2D eigenvalue weighted by atomic mass is 35.5. The fourth-order valence-electron chi connectivity index (χ4n) is 2.77. The predicted octanol–water partition coefficient (Wildman–Crippen LogP) is 4.21. The highest BCUT2D eigenvalue weighted by Gasteiger charge is 2.30. The van der Waals surface area contributed by atoms with Crippen molar-refractivity contribution in [2.24, 2.45) is 5.92 Å². The van der Waals surface area contributed by atoms with Gasteiger partial charge in [-0.1, -0.05) is 18.1 Å². The number of nitrogens with zero attached hydrogens (tertiary/aromatic N) is 1. The van der Waals surface area contributed by atoms with Crippen molar-refractivity contribution in [2.45, 2.75) is 43.2 Å². The van der Waals surface area contributed by atoms with E-state index in [-0.39, 0.29) is 16.4 Å². The first kappa shape index (κ1) is 21.1. The van der Waals surface area contributed by atoms with E-state index >= 15 is 0 Å². The molecule has 0 aliphatic carbocycles. The van der Waals surface area contributed by atoms with Crippen LogP contribution in [0.1, 0.15) is 31.2 Å². The van der Waals surface area contributed by atoms with Crippen molar-refractivity contribution < 1.29 is 21.6 Å². The highest BCUT2D eigenvalue weighted by molar-refractivity contribution is 7.89. The molecule has 0 unspecified atom stereocenters. The molecule has 0 atom stereocenters. The lowest BCUT2D eigenvalue weighted by Crippen LogP contribution is -2.38. The second-order valence-electron chi connectivity index (χ2n) is 6.23. The molecule has 0 bridgehead atoms. The van der Waals surface area contributed by atoms with Gasteiger partial charge in [0.1, 0.15) is 0 Å². The van der Waals surface area contributed by atoms with Crippen LogP contribution in [0.3, 0.4) is 0 Å². The molecule has 1 heterocycles. The van der Waals surface area contributed by atoms with Crippen LogP contribution in [-0.4, -0.2) is 37.9 Å². The summed E-state index contributed by atoms with van der Waals surface area (Å²) in [5.41, 5.74) is 0.0439. The normalized spacial score (nSPS) is 16.9. The van der Waals surface area contributed by atoms with Gasteiger partial charge in [0, 0.05) is 31.3 Å². The first-order chi connectivity index (χ1) is 12.2. The zero-order valence-electron chi connectivity index (χ0n) is 14.2. The van der Waals surface area contributed by atoms with Crippen molar-refractivity contribution in [1.29, 1.82) is 0 Å². The lowest BCUT2D eigenvalue weighted by Gasteiger charge is -2.29. The van der Waals surface area contributed by atoms with Crippen LogP contribution >= 0.6 is 11.6 Å². The van der Waals surface area contributed by atoms with Crippen molar-refractivity contribution in [1.82, 2.24) is 4.31 Å². The lowest BCUT2D eigenvalue weighted by molar-refractivity contribution is -0.127. The summed E-state index contributed by atoms with van der Waals surface area (Å²) in [6.45, 7) is 0.725. The Morgan fingerprint density at radius 1 is 1.15 bits per heavy atom. The van der Waals surface area contributed by atoms with Crippen LogP contribution in [0.2, 0.25) is 0 Å². The number of halogens is 4. The monoisotopic (exact) mass is 407 g/mol. The Bertz CT molecular complexity index is 743. The minimum absolute atomic E-state index is 0.0232. The van der Waals surface area contributed by atoms with Crippen molar-refractivity contribution >= 4 is 21.6 Å². The van der Waals surface area contributed by atoms with E-state index in [0.717, 1.165) is 12.8 Å². The fraction of sp³-hybridized carbons (Fsp3) is 0.556. The average molecular weight is 408 g/mol. The van der Waals surface area contributed by atoms with E-state index < -0.39 is 22.6 Å². The van der Waals surface area contributed by atoms with Crippen LogP contribution in [0.4, 0.5) is 13.2 Å². The maximum atomic E-state index is 12.6. The summed E-state index contributed by atoms with van der Waals surface area (Å²) < 4.78 is 63.8. The summed E-state index contributed by atoms with van der Waals surface area (Å²) >= 11 is 5.60. The Morgan fingerprint density at radius 2 is 1.77 bits per heavy atom. The SMILES string of the molecule is O=S(=O)(c1ccc(CC(F)(F)F)cc1)N1CCC(C#CCCCCl)CC1. The van der Waals surface area contributed by atoms with E-state index in [9.17, 15) is 21.6 Å². The number of rotatable bonds is 5. The fourth-order valence-corrected chi connectivity index (χ4v) is 4.38. The average Bonchev–Trinajstić information content (AvgIpc) is 2.58. The quantitative estimate of drug-likeness (QED) is 0.416. The van der Waals surface area contributed by atoms with Gasteiger partial charge in [-0.2, -0.15) is 17.5 Å². The van der Waals surface area contributed by atoms with Crippen LogP contribution in [0, 0.1) is 17.8 Å². The largest absolute Gasteiger partial charge is 0.393 e. The van der Waals surface area contributed by atoms with Crippen LogP contribution in [0.15, 0.2) is 29.2 Å². The van der Waals surface area contributed by atoms with Crippen LogP contribution < -0.4 is 0 Å². The van der Waals surface area contributed by atoms with Gasteiger partial charge in [0.2, 0.25) is 10.0 Å². The number of sulfonamides is 1. The molecule has 0 saturated carbocycles. The number of hydrogen-bond acceptors (Lipinski definition) is 2. The van der Waals surface area contributed by atoms with Gasteiger partial charge in [0.05, 0.1) is 11.3 Å². The Kier molecular flexibility index (Phi) is 7.39. The van der Waals surface area contributed by atoms with Gasteiger partial charge < -0.3 is 0 Å². The second kappa shape index (κ2) is 9.12. The molecule has 1 fully saturated rings. The molecular formula is C18H21ClF3NO2S. The van der Waals surface area contributed by atoms with Crippen LogP contribution in [0.5, 0.6) is 0 Å². The molecule has 0 spiro atoms. The van der Waals surface area contributed by atoms with E-state index in [0.29, 0.717) is 31.8 Å². The Hall–Kier alpha value is -1.23. The molecule has 3 nitrogen and oxygen atoms in total. The molecule has 144 valence electrons. The number of hydrogen-bond donors (Lipinski definition) is 0. The molecule has 0 aromatic heterocycles. The summed E-state index contributed by atoms with van der Waals surface area (Å²) in [6.07, 6.45) is -2.49. The van der Waals surface area contributed by atoms with E-state index in [4.69, 9.17) is 11.6 Å². The summed E-state index contributed by atoms with van der Waals surface area (Å²) in [4.78, 5) is 0.0232. The third-order valence-corrected chi connectivity index (χ3v) is 6.34. The molecule has 0 radical (unpaired) electrons. The minimum Gasteiger partial charge on any atom is -0.207 e. The summed E-state index contributed by atoms with van der Waals surface area (Å²) in [5, 5.41) is 0. The molecule has 0 amide bonds. The van der Waals surface area contributed by atoms with Crippen LogP contribution in [0.25, 0.3) is 0 Å². The zero-order chi connectivity index (χ0) is 19.2. The van der Waals surface area contributed by atoms with Crippen molar-refractivity contribution in [2.75, 3.05) is 19.0 Å². The van der Waals surface area contributed by atoms with Crippen molar-refractivity contribution in [3.8, 4) is 11.8 Å². The van der Waals surface area contributed by atoms with E-state index in [2.05, 4.69) is 11.8 Å². The smallest absolute Gasteiger partial charge is 0.207 e. The van der Waals surface area contributed by atoms with Gasteiger partial charge >= 0.3 is 6.18 Å². The zero-order valence-corrected chi connectivity index (χ0v) is 15.8. The van der Waals surface area contributed by atoms with Crippen LogP contribution in [-0.2, 0) is 16.4 Å². The third-order valence-electron chi connectivity index (χ3n) is 4.16. The number of alkyl halides is 4. The van der Waals surface area contributed by atoms with Gasteiger partial charge in [-0.3, -0.25) is 0 Å². The van der Waals surface area contributed by atoms with E-state index in [1.165, 1.54) is 28.6 Å². The highest BCUT2D eigenvalue weighted by Crippen LogP contribution is 2.25. The maximum absolute atomic E-state index is 12.6. The molecule has 2 rings (SSSR count). The van der Waals surface area contributed by atoms with Gasteiger partial charge in [-0.05, 0) is 37.0 Å². The lowest BCUT2D eigenvalue weighted by atomic mass is 9.99.